The summed E-state index contributed by atoms with van der Waals surface area (Å²) in [5, 5.41) is 3.79. The van der Waals surface area contributed by atoms with E-state index >= 15 is 0 Å². The number of nitrogens with two attached hydrogens (primary N) is 1. The SMILES string of the molecule is CCc1cc(C(C)N)no1.Cl. The van der Waals surface area contributed by atoms with E-state index < -0.39 is 0 Å². The Morgan fingerprint density at radius 1 is 1.73 bits per heavy atom. The van der Waals surface area contributed by atoms with Crippen molar-refractivity contribution in [2.45, 2.75) is 26.3 Å². The van der Waals surface area contributed by atoms with Crippen LogP contribution < -0.4 is 5.73 Å². The van der Waals surface area contributed by atoms with E-state index in [1.54, 1.807) is 0 Å². The maximum absolute atomic E-state index is 5.56. The summed E-state index contributed by atoms with van der Waals surface area (Å²) in [5.74, 6) is 0.896. The minimum Gasteiger partial charge on any atom is -0.361 e. The van der Waals surface area contributed by atoms with Crippen LogP contribution >= 0.6 is 12.4 Å². The van der Waals surface area contributed by atoms with Crippen LogP contribution in [0.5, 0.6) is 0 Å². The summed E-state index contributed by atoms with van der Waals surface area (Å²) >= 11 is 0. The molecule has 0 fully saturated rings. The zero-order valence-corrected chi connectivity index (χ0v) is 7.52. The van der Waals surface area contributed by atoms with Gasteiger partial charge in [-0.3, -0.25) is 0 Å². The molecule has 0 bridgehead atoms. The quantitative estimate of drug-likeness (QED) is 0.746. The highest BCUT2D eigenvalue weighted by Gasteiger charge is 2.04. The molecule has 0 aliphatic heterocycles. The summed E-state index contributed by atoms with van der Waals surface area (Å²) in [7, 11) is 0. The van der Waals surface area contributed by atoms with Crippen LogP contribution in [0.3, 0.4) is 0 Å². The third-order valence-corrected chi connectivity index (χ3v) is 1.39. The monoisotopic (exact) mass is 176 g/mol. The summed E-state index contributed by atoms with van der Waals surface area (Å²) in [6.07, 6.45) is 0.875. The van der Waals surface area contributed by atoms with E-state index in [0.717, 1.165) is 17.9 Å². The number of aromatic nitrogens is 1. The van der Waals surface area contributed by atoms with Crippen LogP contribution in [0.15, 0.2) is 10.6 Å². The van der Waals surface area contributed by atoms with Crippen molar-refractivity contribution < 1.29 is 4.52 Å². The van der Waals surface area contributed by atoms with E-state index in [9.17, 15) is 0 Å². The van der Waals surface area contributed by atoms with Crippen LogP contribution in [0.25, 0.3) is 0 Å². The first-order valence-corrected chi connectivity index (χ1v) is 3.45. The fraction of sp³-hybridized carbons (Fsp3) is 0.571. The zero-order chi connectivity index (χ0) is 7.56. The van der Waals surface area contributed by atoms with Crippen molar-refractivity contribution in [1.29, 1.82) is 0 Å². The Bertz CT molecular complexity index is 210. The molecular formula is C7H13ClN2O. The Hall–Kier alpha value is -0.540. The minimum absolute atomic E-state index is 0. The molecule has 0 aliphatic carbocycles. The van der Waals surface area contributed by atoms with Gasteiger partial charge < -0.3 is 10.3 Å². The number of halogens is 1. The summed E-state index contributed by atoms with van der Waals surface area (Å²) < 4.78 is 4.95. The number of rotatable bonds is 2. The summed E-state index contributed by atoms with van der Waals surface area (Å²) in [6.45, 7) is 3.91. The maximum Gasteiger partial charge on any atom is 0.136 e. The lowest BCUT2D eigenvalue weighted by Gasteiger charge is -1.93. The van der Waals surface area contributed by atoms with E-state index in [1.807, 2.05) is 19.9 Å². The van der Waals surface area contributed by atoms with Gasteiger partial charge in [-0.25, -0.2) is 0 Å². The lowest BCUT2D eigenvalue weighted by Crippen LogP contribution is -2.04. The first-order chi connectivity index (χ1) is 4.74. The van der Waals surface area contributed by atoms with Crippen LogP contribution in [0.4, 0.5) is 0 Å². The smallest absolute Gasteiger partial charge is 0.136 e. The van der Waals surface area contributed by atoms with Crippen molar-refractivity contribution in [2.75, 3.05) is 0 Å². The van der Waals surface area contributed by atoms with Crippen LogP contribution in [0, 0.1) is 0 Å². The van der Waals surface area contributed by atoms with Crippen LogP contribution in [-0.2, 0) is 6.42 Å². The van der Waals surface area contributed by atoms with Crippen LogP contribution in [-0.4, -0.2) is 5.16 Å². The van der Waals surface area contributed by atoms with Crippen molar-refractivity contribution in [3.8, 4) is 0 Å². The third-order valence-electron chi connectivity index (χ3n) is 1.39. The lowest BCUT2D eigenvalue weighted by molar-refractivity contribution is 0.377. The number of hydrogen-bond acceptors (Lipinski definition) is 3. The van der Waals surface area contributed by atoms with Gasteiger partial charge in [0.2, 0.25) is 0 Å². The Labute approximate surface area is 72.3 Å². The second-order valence-corrected chi connectivity index (χ2v) is 2.36. The molecule has 4 heteroatoms. The lowest BCUT2D eigenvalue weighted by atomic mass is 10.2. The zero-order valence-electron chi connectivity index (χ0n) is 6.70. The summed E-state index contributed by atoms with van der Waals surface area (Å²) in [4.78, 5) is 0. The highest BCUT2D eigenvalue weighted by Crippen LogP contribution is 2.09. The molecule has 1 rings (SSSR count). The molecular weight excluding hydrogens is 164 g/mol. The molecule has 11 heavy (non-hydrogen) atoms. The molecule has 0 aliphatic rings. The van der Waals surface area contributed by atoms with Gasteiger partial charge in [-0.2, -0.15) is 0 Å². The molecule has 0 saturated heterocycles. The molecule has 1 atom stereocenters. The number of aryl methyl sites for hydroxylation is 1. The average Bonchev–Trinajstić information content (AvgIpc) is 2.34. The average molecular weight is 177 g/mol. The Morgan fingerprint density at radius 2 is 2.36 bits per heavy atom. The van der Waals surface area contributed by atoms with Gasteiger partial charge in [0.15, 0.2) is 0 Å². The predicted octanol–water partition coefficient (Wildman–Crippen LogP) is 1.68. The molecule has 0 spiro atoms. The molecule has 0 amide bonds. The first kappa shape index (κ1) is 10.5. The van der Waals surface area contributed by atoms with E-state index in [-0.39, 0.29) is 18.4 Å². The molecule has 0 saturated carbocycles. The third kappa shape index (κ3) is 2.52. The molecule has 1 aromatic rings. The van der Waals surface area contributed by atoms with Crippen molar-refractivity contribution >= 4 is 12.4 Å². The highest BCUT2D eigenvalue weighted by atomic mass is 35.5. The van der Waals surface area contributed by atoms with Gasteiger partial charge in [-0.15, -0.1) is 12.4 Å². The van der Waals surface area contributed by atoms with Crippen LogP contribution in [0.1, 0.15) is 31.3 Å². The summed E-state index contributed by atoms with van der Waals surface area (Å²) in [6, 6.07) is 1.87. The van der Waals surface area contributed by atoms with Crippen molar-refractivity contribution in [3.05, 3.63) is 17.5 Å². The molecule has 0 aromatic carbocycles. The van der Waals surface area contributed by atoms with Gasteiger partial charge in [-0.05, 0) is 6.92 Å². The molecule has 1 heterocycles. The summed E-state index contributed by atoms with van der Waals surface area (Å²) in [5.41, 5.74) is 6.39. The minimum atomic E-state index is -0.0240. The van der Waals surface area contributed by atoms with Crippen molar-refractivity contribution in [1.82, 2.24) is 5.16 Å². The van der Waals surface area contributed by atoms with Gasteiger partial charge in [-0.1, -0.05) is 12.1 Å². The second kappa shape index (κ2) is 4.36. The standard InChI is InChI=1S/C7H12N2O.ClH/c1-3-6-4-7(5(2)8)9-10-6;/h4-5H,3,8H2,1-2H3;1H. The Kier molecular flexibility index (Phi) is 4.15. The van der Waals surface area contributed by atoms with Crippen molar-refractivity contribution in [3.63, 3.8) is 0 Å². The molecule has 2 N–H and O–H groups in total. The van der Waals surface area contributed by atoms with Crippen LogP contribution in [0.2, 0.25) is 0 Å². The Morgan fingerprint density at radius 3 is 2.64 bits per heavy atom. The van der Waals surface area contributed by atoms with Gasteiger partial charge >= 0.3 is 0 Å². The predicted molar refractivity (Wildman–Crippen MR) is 45.7 cm³/mol. The van der Waals surface area contributed by atoms with E-state index in [0.29, 0.717) is 0 Å². The number of hydrogen-bond donors (Lipinski definition) is 1. The first-order valence-electron chi connectivity index (χ1n) is 3.45. The van der Waals surface area contributed by atoms with E-state index in [2.05, 4.69) is 5.16 Å². The van der Waals surface area contributed by atoms with E-state index in [4.69, 9.17) is 10.3 Å². The molecule has 0 radical (unpaired) electrons. The van der Waals surface area contributed by atoms with Gasteiger partial charge in [0, 0.05) is 18.5 Å². The second-order valence-electron chi connectivity index (χ2n) is 2.36. The fourth-order valence-electron chi connectivity index (χ4n) is 0.710. The van der Waals surface area contributed by atoms with E-state index in [1.165, 1.54) is 0 Å². The van der Waals surface area contributed by atoms with Gasteiger partial charge in [0.1, 0.15) is 11.5 Å². The highest BCUT2D eigenvalue weighted by molar-refractivity contribution is 5.85. The molecule has 3 nitrogen and oxygen atoms in total. The van der Waals surface area contributed by atoms with Crippen molar-refractivity contribution in [2.24, 2.45) is 5.73 Å². The largest absolute Gasteiger partial charge is 0.361 e. The van der Waals surface area contributed by atoms with Gasteiger partial charge in [0.25, 0.3) is 0 Å². The normalized spacial score (nSPS) is 12.3. The topological polar surface area (TPSA) is 52.0 Å². The maximum atomic E-state index is 5.56. The van der Waals surface area contributed by atoms with Gasteiger partial charge in [0.05, 0.1) is 0 Å². The molecule has 1 aromatic heterocycles. The number of nitrogens with zero attached hydrogens (tertiary/aromatic N) is 1. The molecule has 1 unspecified atom stereocenters. The Balaban J connectivity index is 0.000001000. The fourth-order valence-corrected chi connectivity index (χ4v) is 0.710. The molecule has 64 valence electrons.